The van der Waals surface area contributed by atoms with Crippen LogP contribution in [0.5, 0.6) is 0 Å². The van der Waals surface area contributed by atoms with Gasteiger partial charge in [0.1, 0.15) is 0 Å². The first-order valence-corrected chi connectivity index (χ1v) is 13.5. The molecule has 0 radical (unpaired) electrons. The fourth-order valence-electron chi connectivity index (χ4n) is 5.37. The average Bonchev–Trinajstić information content (AvgIpc) is 3.30. The molecule has 0 amide bonds. The second-order valence-electron chi connectivity index (χ2n) is 9.97. The molecule has 0 bridgehead atoms. The van der Waals surface area contributed by atoms with Gasteiger partial charge in [-0.3, -0.25) is 14.7 Å². The van der Waals surface area contributed by atoms with Crippen LogP contribution in [-0.2, 0) is 17.6 Å². The summed E-state index contributed by atoms with van der Waals surface area (Å²) < 4.78 is 7.14. The number of hydrogen-bond acceptors (Lipinski definition) is 6. The summed E-state index contributed by atoms with van der Waals surface area (Å²) in [7, 11) is 0. The van der Waals surface area contributed by atoms with Gasteiger partial charge < -0.3 is 4.74 Å². The molecule has 1 fully saturated rings. The minimum Gasteiger partial charge on any atom is -0.379 e. The van der Waals surface area contributed by atoms with Crippen LogP contribution in [0.1, 0.15) is 64.6 Å². The first kappa shape index (κ1) is 25.8. The third kappa shape index (κ3) is 5.54. The van der Waals surface area contributed by atoms with E-state index < -0.39 is 0 Å². The van der Waals surface area contributed by atoms with Crippen LogP contribution < -0.4 is 0 Å². The van der Waals surface area contributed by atoms with Gasteiger partial charge in [-0.15, -0.1) is 0 Å². The Morgan fingerprint density at radius 2 is 1.89 bits per heavy atom. The molecule has 7 nitrogen and oxygen atoms in total. The lowest BCUT2D eigenvalue weighted by Gasteiger charge is -2.36. The van der Waals surface area contributed by atoms with Gasteiger partial charge in [0.05, 0.1) is 41.4 Å². The number of ether oxygens (including phenoxy) is 1. The topological polar surface area (TPSA) is 73.1 Å². The Bertz CT molecular complexity index is 1330. The minimum absolute atomic E-state index is 0.00392. The van der Waals surface area contributed by atoms with Gasteiger partial charge in [0.2, 0.25) is 0 Å². The van der Waals surface area contributed by atoms with Gasteiger partial charge in [0, 0.05) is 37.9 Å². The van der Waals surface area contributed by atoms with Crippen LogP contribution in [-0.4, -0.2) is 62.8 Å². The zero-order valence-electron chi connectivity index (χ0n) is 21.8. The number of aromatic nitrogens is 4. The lowest BCUT2D eigenvalue weighted by Crippen LogP contribution is -2.43. The fourth-order valence-corrected chi connectivity index (χ4v) is 5.64. The molecule has 1 unspecified atom stereocenters. The number of aryl methyl sites for hydroxylation is 2. The highest BCUT2D eigenvalue weighted by atomic mass is 35.5. The molecule has 0 spiro atoms. The molecule has 4 heterocycles. The van der Waals surface area contributed by atoms with Gasteiger partial charge in [-0.25, -0.2) is 9.67 Å². The van der Waals surface area contributed by atoms with Gasteiger partial charge in [0.25, 0.3) is 0 Å². The van der Waals surface area contributed by atoms with Crippen LogP contribution in [0.25, 0.3) is 11.4 Å². The van der Waals surface area contributed by atoms with E-state index in [1.165, 1.54) is 5.57 Å². The van der Waals surface area contributed by atoms with Gasteiger partial charge >= 0.3 is 0 Å². The van der Waals surface area contributed by atoms with E-state index >= 15 is 0 Å². The summed E-state index contributed by atoms with van der Waals surface area (Å²) in [5, 5.41) is 4.93. The number of carbonyl (C=O) groups excluding carboxylic acids is 1. The van der Waals surface area contributed by atoms with Crippen molar-refractivity contribution in [2.24, 2.45) is 0 Å². The smallest absolute Gasteiger partial charge is 0.172 e. The summed E-state index contributed by atoms with van der Waals surface area (Å²) in [6.07, 6.45) is 12.0. The van der Waals surface area contributed by atoms with Crippen molar-refractivity contribution in [1.82, 2.24) is 24.6 Å². The maximum absolute atomic E-state index is 13.2. The molecule has 1 aliphatic heterocycles. The van der Waals surface area contributed by atoms with Gasteiger partial charge in [-0.2, -0.15) is 5.10 Å². The first-order valence-electron chi connectivity index (χ1n) is 13.1. The zero-order chi connectivity index (χ0) is 25.9. The molecule has 3 aromatic rings. The van der Waals surface area contributed by atoms with Crippen molar-refractivity contribution in [1.29, 1.82) is 0 Å². The summed E-state index contributed by atoms with van der Waals surface area (Å²) in [4.78, 5) is 25.0. The van der Waals surface area contributed by atoms with E-state index in [2.05, 4.69) is 41.0 Å². The molecule has 1 saturated heterocycles. The number of hydrogen-bond donors (Lipinski definition) is 0. The van der Waals surface area contributed by atoms with Crippen molar-refractivity contribution < 1.29 is 9.53 Å². The van der Waals surface area contributed by atoms with Crippen molar-refractivity contribution in [2.75, 3.05) is 26.3 Å². The molecule has 8 heteroatoms. The summed E-state index contributed by atoms with van der Waals surface area (Å²) in [6, 6.07) is 4.59. The molecule has 0 aromatic carbocycles. The second-order valence-corrected chi connectivity index (χ2v) is 10.4. The molecule has 5 rings (SSSR count). The molecule has 0 saturated carbocycles. The Hall–Kier alpha value is -2.87. The quantitative estimate of drug-likeness (QED) is 0.400. The highest BCUT2D eigenvalue weighted by Crippen LogP contribution is 2.31. The summed E-state index contributed by atoms with van der Waals surface area (Å²) in [6.45, 7) is 9.75. The van der Waals surface area contributed by atoms with Crippen molar-refractivity contribution in [2.45, 2.75) is 58.9 Å². The fraction of sp³-hybridized carbons (Fsp3) is 0.448. The third-order valence-corrected chi connectivity index (χ3v) is 7.82. The molecule has 1 atom stereocenters. The molecule has 37 heavy (non-hydrogen) atoms. The number of nitrogens with zero attached hydrogens (tertiary/aromatic N) is 5. The number of pyridine rings is 2. The van der Waals surface area contributed by atoms with Crippen molar-refractivity contribution in [3.8, 4) is 5.82 Å². The van der Waals surface area contributed by atoms with Crippen LogP contribution in [0.3, 0.4) is 0 Å². The summed E-state index contributed by atoms with van der Waals surface area (Å²) in [5.41, 5.74) is 6.75. The SMILES string of the molecule is CCc1cnc(-n2ncc(C(=O)Cc3cnc(C4=CCC(N5CCOCC5)CC4)c(C)c3)c2C)c(Cl)c1. The maximum atomic E-state index is 13.2. The highest BCUT2D eigenvalue weighted by Gasteiger charge is 2.24. The highest BCUT2D eigenvalue weighted by molar-refractivity contribution is 6.32. The standard InChI is InChI=1S/C29H34ClN5O2/c1-4-21-14-26(30)29(32-16-21)35-20(3)25(18-33-35)27(36)15-22-13-19(2)28(31-17-22)23-5-7-24(8-6-23)34-9-11-37-12-10-34/h5,13-14,16-18,24H,4,6-12,15H2,1-3H3. The van der Waals surface area contributed by atoms with Crippen LogP contribution >= 0.6 is 11.6 Å². The molecule has 194 valence electrons. The van der Waals surface area contributed by atoms with Crippen LogP contribution in [0, 0.1) is 13.8 Å². The first-order chi connectivity index (χ1) is 17.9. The number of halogens is 1. The number of ketones is 1. The van der Waals surface area contributed by atoms with Crippen LogP contribution in [0.4, 0.5) is 0 Å². The zero-order valence-corrected chi connectivity index (χ0v) is 22.6. The number of rotatable bonds is 7. The number of Topliss-reactive ketones (excluding diaryl/α,β-unsaturated/α-hetero) is 1. The summed E-state index contributed by atoms with van der Waals surface area (Å²) >= 11 is 6.45. The minimum atomic E-state index is 0.00392. The molecule has 0 N–H and O–H groups in total. The Morgan fingerprint density at radius 3 is 2.57 bits per heavy atom. The summed E-state index contributed by atoms with van der Waals surface area (Å²) in [5.74, 6) is 0.540. The van der Waals surface area contributed by atoms with Crippen molar-refractivity contribution >= 4 is 23.0 Å². The van der Waals surface area contributed by atoms with E-state index in [0.717, 1.165) is 80.1 Å². The Labute approximate surface area is 223 Å². The van der Waals surface area contributed by atoms with Crippen molar-refractivity contribution in [3.63, 3.8) is 0 Å². The molecular formula is C29H34ClN5O2. The largest absolute Gasteiger partial charge is 0.379 e. The molecular weight excluding hydrogens is 486 g/mol. The molecule has 2 aliphatic rings. The second kappa shape index (κ2) is 11.3. The molecule has 1 aliphatic carbocycles. The Morgan fingerprint density at radius 1 is 1.11 bits per heavy atom. The predicted octanol–water partition coefficient (Wildman–Crippen LogP) is 5.19. The number of allylic oxidation sites excluding steroid dienone is 1. The lowest BCUT2D eigenvalue weighted by molar-refractivity contribution is 0.0150. The van der Waals surface area contributed by atoms with E-state index in [4.69, 9.17) is 21.3 Å². The van der Waals surface area contributed by atoms with E-state index in [-0.39, 0.29) is 12.2 Å². The van der Waals surface area contributed by atoms with Gasteiger partial charge in [-0.1, -0.05) is 30.7 Å². The maximum Gasteiger partial charge on any atom is 0.172 e. The molecule has 3 aromatic heterocycles. The van der Waals surface area contributed by atoms with E-state index in [9.17, 15) is 4.79 Å². The number of morpholine rings is 1. The predicted molar refractivity (Wildman–Crippen MR) is 146 cm³/mol. The van der Waals surface area contributed by atoms with E-state index in [1.807, 2.05) is 19.2 Å². The van der Waals surface area contributed by atoms with Crippen molar-refractivity contribution in [3.05, 3.63) is 75.5 Å². The van der Waals surface area contributed by atoms with Crippen LogP contribution in [0.15, 0.2) is 36.8 Å². The van der Waals surface area contributed by atoms with E-state index in [0.29, 0.717) is 22.4 Å². The third-order valence-electron chi connectivity index (χ3n) is 7.55. The normalized spacial score (nSPS) is 18.6. The Balaban J connectivity index is 1.27. The van der Waals surface area contributed by atoms with Crippen LogP contribution in [0.2, 0.25) is 5.02 Å². The Kier molecular flexibility index (Phi) is 7.84. The van der Waals surface area contributed by atoms with E-state index in [1.54, 1.807) is 17.1 Å². The van der Waals surface area contributed by atoms with Gasteiger partial charge in [0.15, 0.2) is 11.6 Å². The van der Waals surface area contributed by atoms with Gasteiger partial charge in [-0.05, 0) is 67.9 Å². The monoisotopic (exact) mass is 519 g/mol. The lowest BCUT2D eigenvalue weighted by atomic mass is 9.90. The average molecular weight is 520 g/mol. The number of carbonyl (C=O) groups is 1.